The van der Waals surface area contributed by atoms with Gasteiger partial charge in [-0.2, -0.15) is 5.10 Å². The second-order valence-corrected chi connectivity index (χ2v) is 4.58. The molecule has 2 heterocycles. The fourth-order valence-electron chi connectivity index (χ4n) is 2.06. The fraction of sp³-hybridized carbons (Fsp3) is 0.286. The van der Waals surface area contributed by atoms with Gasteiger partial charge in [-0.15, -0.1) is 0 Å². The Kier molecular flexibility index (Phi) is 3.39. The van der Waals surface area contributed by atoms with Crippen molar-refractivity contribution in [1.82, 2.24) is 9.78 Å². The summed E-state index contributed by atoms with van der Waals surface area (Å²) in [6.07, 6.45) is -0.135. The maximum atomic E-state index is 10.8. The number of hydrogen-bond donors (Lipinski definition) is 1. The first-order chi connectivity index (χ1) is 9.72. The van der Waals surface area contributed by atoms with Gasteiger partial charge in [0.15, 0.2) is 5.69 Å². The van der Waals surface area contributed by atoms with Crippen LogP contribution >= 0.6 is 0 Å². The van der Waals surface area contributed by atoms with E-state index in [1.165, 1.54) is 10.7 Å². The van der Waals surface area contributed by atoms with Crippen LogP contribution in [0.15, 0.2) is 36.4 Å². The van der Waals surface area contributed by atoms with Gasteiger partial charge in [0.05, 0.1) is 13.2 Å². The number of carboxylic acids is 1. The van der Waals surface area contributed by atoms with Gasteiger partial charge in [-0.25, -0.2) is 9.48 Å². The number of carboxylic acid groups (broad SMARTS) is 1. The van der Waals surface area contributed by atoms with E-state index in [2.05, 4.69) is 5.10 Å². The lowest BCUT2D eigenvalue weighted by Crippen LogP contribution is -2.32. The van der Waals surface area contributed by atoms with Crippen LogP contribution in [0.25, 0.3) is 0 Å². The van der Waals surface area contributed by atoms with Crippen molar-refractivity contribution in [3.05, 3.63) is 47.7 Å². The average molecular weight is 274 g/mol. The highest BCUT2D eigenvalue weighted by molar-refractivity contribution is 5.85. The van der Waals surface area contributed by atoms with E-state index in [9.17, 15) is 4.79 Å². The van der Waals surface area contributed by atoms with Gasteiger partial charge in [-0.1, -0.05) is 30.3 Å². The predicted octanol–water partition coefficient (Wildman–Crippen LogP) is 1.56. The van der Waals surface area contributed by atoms with Crippen LogP contribution in [-0.4, -0.2) is 33.6 Å². The summed E-state index contributed by atoms with van der Waals surface area (Å²) in [5, 5.41) is 12.9. The minimum Gasteiger partial charge on any atom is -0.476 e. The maximum absolute atomic E-state index is 10.8. The molecule has 0 saturated heterocycles. The van der Waals surface area contributed by atoms with Crippen LogP contribution in [0.1, 0.15) is 16.1 Å². The molecule has 1 atom stereocenters. The summed E-state index contributed by atoms with van der Waals surface area (Å²) in [6.45, 7) is 1.39. The molecule has 104 valence electrons. The maximum Gasteiger partial charge on any atom is 0.356 e. The molecule has 1 unspecified atom stereocenters. The molecule has 1 aliphatic heterocycles. The zero-order valence-corrected chi connectivity index (χ0v) is 10.7. The van der Waals surface area contributed by atoms with Gasteiger partial charge in [0.25, 0.3) is 0 Å². The van der Waals surface area contributed by atoms with Crippen LogP contribution in [0.5, 0.6) is 5.88 Å². The minimum absolute atomic E-state index is 0.0105. The number of ether oxygens (including phenoxy) is 2. The summed E-state index contributed by atoms with van der Waals surface area (Å²) < 4.78 is 12.8. The van der Waals surface area contributed by atoms with Crippen molar-refractivity contribution >= 4 is 5.97 Å². The quantitative estimate of drug-likeness (QED) is 0.915. The molecule has 0 saturated carbocycles. The van der Waals surface area contributed by atoms with Crippen LogP contribution in [0.4, 0.5) is 0 Å². The third kappa shape index (κ3) is 2.65. The summed E-state index contributed by atoms with van der Waals surface area (Å²) in [6, 6.07) is 11.3. The first-order valence-electron chi connectivity index (χ1n) is 6.32. The molecule has 6 nitrogen and oxygen atoms in total. The van der Waals surface area contributed by atoms with Gasteiger partial charge in [-0.05, 0) is 5.56 Å². The van der Waals surface area contributed by atoms with Crippen molar-refractivity contribution in [2.24, 2.45) is 0 Å². The number of benzene rings is 1. The Labute approximate surface area is 115 Å². The van der Waals surface area contributed by atoms with Crippen LogP contribution < -0.4 is 4.74 Å². The fourth-order valence-corrected chi connectivity index (χ4v) is 2.06. The molecule has 0 fully saturated rings. The predicted molar refractivity (Wildman–Crippen MR) is 69.7 cm³/mol. The molecule has 0 amide bonds. The van der Waals surface area contributed by atoms with Gasteiger partial charge in [0.1, 0.15) is 12.7 Å². The molecule has 0 bridgehead atoms. The van der Waals surface area contributed by atoms with Crippen LogP contribution in [0, 0.1) is 0 Å². The number of rotatable bonds is 4. The molecule has 0 spiro atoms. The third-order valence-corrected chi connectivity index (χ3v) is 3.08. The minimum atomic E-state index is -1.06. The lowest BCUT2D eigenvalue weighted by molar-refractivity contribution is -0.0217. The molecule has 1 aromatic heterocycles. The number of aromatic nitrogens is 2. The van der Waals surface area contributed by atoms with E-state index < -0.39 is 5.97 Å². The highest BCUT2D eigenvalue weighted by Crippen LogP contribution is 2.20. The molecule has 0 aliphatic carbocycles. The van der Waals surface area contributed by atoms with Gasteiger partial charge >= 0.3 is 5.97 Å². The zero-order chi connectivity index (χ0) is 13.9. The van der Waals surface area contributed by atoms with E-state index in [1.54, 1.807) is 0 Å². The molecule has 3 rings (SSSR count). The molecule has 2 aromatic rings. The van der Waals surface area contributed by atoms with E-state index in [4.69, 9.17) is 14.6 Å². The summed E-state index contributed by atoms with van der Waals surface area (Å²) in [7, 11) is 0. The molecule has 20 heavy (non-hydrogen) atoms. The molecule has 0 radical (unpaired) electrons. The smallest absolute Gasteiger partial charge is 0.356 e. The number of nitrogens with zero attached hydrogens (tertiary/aromatic N) is 2. The Hall–Kier alpha value is -2.34. The molecule has 1 N–H and O–H groups in total. The van der Waals surface area contributed by atoms with E-state index >= 15 is 0 Å². The Morgan fingerprint density at radius 1 is 1.45 bits per heavy atom. The molecular weight excluding hydrogens is 260 g/mol. The van der Waals surface area contributed by atoms with Crippen molar-refractivity contribution in [2.45, 2.75) is 19.3 Å². The van der Waals surface area contributed by atoms with Crippen molar-refractivity contribution in [2.75, 3.05) is 6.61 Å². The summed E-state index contributed by atoms with van der Waals surface area (Å²) in [5.74, 6) is -0.584. The Balaban J connectivity index is 1.62. The highest BCUT2D eigenvalue weighted by Gasteiger charge is 2.23. The lowest BCUT2D eigenvalue weighted by atomic mass is 10.2. The van der Waals surface area contributed by atoms with Crippen LogP contribution in [-0.2, 0) is 17.9 Å². The summed E-state index contributed by atoms with van der Waals surface area (Å²) in [5.41, 5.74) is 1.08. The summed E-state index contributed by atoms with van der Waals surface area (Å²) in [4.78, 5) is 10.8. The Morgan fingerprint density at radius 3 is 3.00 bits per heavy atom. The third-order valence-electron chi connectivity index (χ3n) is 3.08. The van der Waals surface area contributed by atoms with E-state index in [1.807, 2.05) is 30.3 Å². The Morgan fingerprint density at radius 2 is 2.25 bits per heavy atom. The van der Waals surface area contributed by atoms with Crippen molar-refractivity contribution in [3.8, 4) is 5.88 Å². The van der Waals surface area contributed by atoms with E-state index in [0.29, 0.717) is 25.6 Å². The normalized spacial score (nSPS) is 17.3. The lowest BCUT2D eigenvalue weighted by Gasteiger charge is -2.24. The number of aromatic carboxylic acids is 1. The van der Waals surface area contributed by atoms with Gasteiger partial charge in [-0.3, -0.25) is 0 Å². The number of fused-ring (bicyclic) bond motifs is 1. The first kappa shape index (κ1) is 12.7. The summed E-state index contributed by atoms with van der Waals surface area (Å²) >= 11 is 0. The van der Waals surface area contributed by atoms with Crippen molar-refractivity contribution in [1.29, 1.82) is 0 Å². The van der Waals surface area contributed by atoms with E-state index in [-0.39, 0.29) is 11.8 Å². The number of hydrogen-bond acceptors (Lipinski definition) is 4. The first-order valence-corrected chi connectivity index (χ1v) is 6.32. The van der Waals surface area contributed by atoms with Crippen LogP contribution in [0.3, 0.4) is 0 Å². The number of carbonyl (C=O) groups is 1. The SMILES string of the molecule is O=C(O)c1cc2n(n1)CC(OCc1ccccc1)CO2. The Bertz CT molecular complexity index is 609. The van der Waals surface area contributed by atoms with Gasteiger partial charge < -0.3 is 14.6 Å². The highest BCUT2D eigenvalue weighted by atomic mass is 16.5. The molecular formula is C14H14N2O4. The van der Waals surface area contributed by atoms with Gasteiger partial charge in [0.2, 0.25) is 5.88 Å². The largest absolute Gasteiger partial charge is 0.476 e. The monoisotopic (exact) mass is 274 g/mol. The standard InChI is InChI=1S/C14H14N2O4/c17-14(18)12-6-13-16(15-12)7-11(9-20-13)19-8-10-4-2-1-3-5-10/h1-6,11H,7-9H2,(H,17,18). The second-order valence-electron chi connectivity index (χ2n) is 4.58. The van der Waals surface area contributed by atoms with Crippen molar-refractivity contribution in [3.63, 3.8) is 0 Å². The van der Waals surface area contributed by atoms with Gasteiger partial charge in [0, 0.05) is 6.07 Å². The molecule has 1 aromatic carbocycles. The topological polar surface area (TPSA) is 73.6 Å². The second kappa shape index (κ2) is 5.34. The molecule has 1 aliphatic rings. The van der Waals surface area contributed by atoms with Crippen LogP contribution in [0.2, 0.25) is 0 Å². The average Bonchev–Trinajstić information content (AvgIpc) is 2.89. The van der Waals surface area contributed by atoms with E-state index in [0.717, 1.165) is 5.56 Å². The van der Waals surface area contributed by atoms with Crippen molar-refractivity contribution < 1.29 is 19.4 Å². The zero-order valence-electron chi connectivity index (χ0n) is 10.7. The molecule has 6 heteroatoms.